The van der Waals surface area contributed by atoms with E-state index in [4.69, 9.17) is 9.47 Å². The van der Waals surface area contributed by atoms with E-state index in [0.29, 0.717) is 12.7 Å². The van der Waals surface area contributed by atoms with E-state index in [0.717, 1.165) is 36.8 Å². The van der Waals surface area contributed by atoms with Crippen LogP contribution < -0.4 is 5.32 Å². The minimum absolute atomic E-state index is 0.235. The lowest BCUT2D eigenvalue weighted by Gasteiger charge is -2.19. The molecule has 1 unspecified atom stereocenters. The highest BCUT2D eigenvalue weighted by Gasteiger charge is 2.33. The van der Waals surface area contributed by atoms with E-state index in [1.165, 1.54) is 17.8 Å². The summed E-state index contributed by atoms with van der Waals surface area (Å²) in [5, 5.41) is 6.08. The van der Waals surface area contributed by atoms with Crippen molar-refractivity contribution in [3.63, 3.8) is 0 Å². The van der Waals surface area contributed by atoms with Crippen LogP contribution in [0.4, 0.5) is 5.13 Å². The van der Waals surface area contributed by atoms with E-state index in [9.17, 15) is 4.79 Å². The van der Waals surface area contributed by atoms with Crippen LogP contribution in [0.25, 0.3) is 0 Å². The lowest BCUT2D eigenvalue weighted by Crippen LogP contribution is -2.31. The van der Waals surface area contributed by atoms with Crippen molar-refractivity contribution in [2.24, 2.45) is 0 Å². The Hall–Kier alpha value is -1.14. The van der Waals surface area contributed by atoms with Crippen LogP contribution >= 0.6 is 11.3 Å². The summed E-state index contributed by atoms with van der Waals surface area (Å²) in [4.78, 5) is 16.5. The standard InChI is InChI=1S/C15H24N2O3S/c1-4-19-13(18)15(2,3)12-10-21-14(17-12)16-8-7-11-6-5-9-20-11/h10-11H,4-9H2,1-3H3,(H,16,17). The van der Waals surface area contributed by atoms with Crippen molar-refractivity contribution < 1.29 is 14.3 Å². The van der Waals surface area contributed by atoms with E-state index in [2.05, 4.69) is 10.3 Å². The molecule has 118 valence electrons. The number of ether oxygens (including phenoxy) is 2. The molecule has 0 aliphatic carbocycles. The Labute approximate surface area is 130 Å². The van der Waals surface area contributed by atoms with Crippen molar-refractivity contribution in [1.29, 1.82) is 0 Å². The molecule has 21 heavy (non-hydrogen) atoms. The first-order valence-corrected chi connectivity index (χ1v) is 8.40. The molecular weight excluding hydrogens is 288 g/mol. The Bertz CT molecular complexity index is 467. The van der Waals surface area contributed by atoms with Gasteiger partial charge in [-0.25, -0.2) is 4.98 Å². The van der Waals surface area contributed by atoms with E-state index in [1.54, 1.807) is 0 Å². The third-order valence-electron chi connectivity index (χ3n) is 3.70. The van der Waals surface area contributed by atoms with Crippen LogP contribution in [-0.4, -0.2) is 36.8 Å². The fraction of sp³-hybridized carbons (Fsp3) is 0.733. The number of carbonyl (C=O) groups is 1. The molecule has 1 atom stereocenters. The summed E-state index contributed by atoms with van der Waals surface area (Å²) < 4.78 is 10.7. The number of esters is 1. The van der Waals surface area contributed by atoms with Crippen molar-refractivity contribution in [3.05, 3.63) is 11.1 Å². The topological polar surface area (TPSA) is 60.5 Å². The Kier molecular flexibility index (Phi) is 5.58. The predicted molar refractivity (Wildman–Crippen MR) is 83.9 cm³/mol. The second kappa shape index (κ2) is 7.22. The molecular formula is C15H24N2O3S. The van der Waals surface area contributed by atoms with Gasteiger partial charge in [-0.2, -0.15) is 0 Å². The molecule has 5 nitrogen and oxygen atoms in total. The summed E-state index contributed by atoms with van der Waals surface area (Å²) in [6.07, 6.45) is 3.70. The van der Waals surface area contributed by atoms with Gasteiger partial charge >= 0.3 is 5.97 Å². The largest absolute Gasteiger partial charge is 0.465 e. The van der Waals surface area contributed by atoms with Crippen LogP contribution in [0.2, 0.25) is 0 Å². The summed E-state index contributed by atoms with van der Waals surface area (Å²) in [5.74, 6) is -0.235. The first-order valence-electron chi connectivity index (χ1n) is 7.52. The van der Waals surface area contributed by atoms with Crippen molar-refractivity contribution in [2.75, 3.05) is 25.1 Å². The van der Waals surface area contributed by atoms with Crippen LogP contribution in [0, 0.1) is 0 Å². The van der Waals surface area contributed by atoms with Crippen molar-refractivity contribution >= 4 is 22.4 Å². The maximum Gasteiger partial charge on any atom is 0.317 e. The number of hydrogen-bond donors (Lipinski definition) is 1. The SMILES string of the molecule is CCOC(=O)C(C)(C)c1csc(NCCC2CCCO2)n1. The summed E-state index contributed by atoms with van der Waals surface area (Å²) in [6, 6.07) is 0. The number of hydrogen-bond acceptors (Lipinski definition) is 6. The molecule has 1 aromatic heterocycles. The molecule has 6 heteroatoms. The van der Waals surface area contributed by atoms with Gasteiger partial charge < -0.3 is 14.8 Å². The zero-order valence-electron chi connectivity index (χ0n) is 13.0. The number of rotatable bonds is 7. The predicted octanol–water partition coefficient (Wildman–Crippen LogP) is 2.96. The molecule has 1 aliphatic heterocycles. The van der Waals surface area contributed by atoms with E-state index < -0.39 is 5.41 Å². The smallest absolute Gasteiger partial charge is 0.317 e. The van der Waals surface area contributed by atoms with Gasteiger partial charge in [0.05, 0.1) is 18.4 Å². The number of aromatic nitrogens is 1. The highest BCUT2D eigenvalue weighted by Crippen LogP contribution is 2.28. The molecule has 1 aliphatic rings. The number of nitrogens with zero attached hydrogens (tertiary/aromatic N) is 1. The molecule has 1 saturated heterocycles. The molecule has 0 spiro atoms. The number of nitrogens with one attached hydrogen (secondary N) is 1. The van der Waals surface area contributed by atoms with Crippen molar-refractivity contribution in [1.82, 2.24) is 4.98 Å². The van der Waals surface area contributed by atoms with Gasteiger partial charge in [-0.3, -0.25) is 4.79 Å². The summed E-state index contributed by atoms with van der Waals surface area (Å²) in [5.41, 5.74) is 0.0478. The second-order valence-electron chi connectivity index (χ2n) is 5.73. The summed E-state index contributed by atoms with van der Waals surface area (Å²) >= 11 is 1.52. The molecule has 0 saturated carbocycles. The average molecular weight is 312 g/mol. The second-order valence-corrected chi connectivity index (χ2v) is 6.59. The maximum atomic E-state index is 12.0. The molecule has 1 N–H and O–H groups in total. The lowest BCUT2D eigenvalue weighted by atomic mass is 9.90. The number of thiazole rings is 1. The molecule has 1 aromatic rings. The highest BCUT2D eigenvalue weighted by molar-refractivity contribution is 7.13. The average Bonchev–Trinajstić information content (AvgIpc) is 3.10. The zero-order chi connectivity index (χ0) is 15.3. The number of anilines is 1. The Morgan fingerprint density at radius 1 is 1.62 bits per heavy atom. The molecule has 2 rings (SSSR count). The van der Waals surface area contributed by atoms with Gasteiger partial charge in [0, 0.05) is 18.5 Å². The molecule has 0 radical (unpaired) electrons. The third kappa shape index (κ3) is 4.17. The summed E-state index contributed by atoms with van der Waals surface area (Å²) in [7, 11) is 0. The van der Waals surface area contributed by atoms with Crippen LogP contribution in [-0.2, 0) is 19.7 Å². The molecule has 0 aromatic carbocycles. The Morgan fingerprint density at radius 3 is 3.10 bits per heavy atom. The molecule has 0 amide bonds. The van der Waals surface area contributed by atoms with Gasteiger partial charge in [0.1, 0.15) is 5.41 Å². The first-order chi connectivity index (χ1) is 10.0. The van der Waals surface area contributed by atoms with Gasteiger partial charge in [-0.05, 0) is 40.0 Å². The molecule has 2 heterocycles. The minimum Gasteiger partial charge on any atom is -0.465 e. The zero-order valence-corrected chi connectivity index (χ0v) is 13.8. The van der Waals surface area contributed by atoms with Gasteiger partial charge in [0.25, 0.3) is 0 Å². The third-order valence-corrected chi connectivity index (χ3v) is 4.50. The summed E-state index contributed by atoms with van der Waals surface area (Å²) in [6.45, 7) is 7.62. The molecule has 1 fully saturated rings. The van der Waals surface area contributed by atoms with Gasteiger partial charge in [-0.1, -0.05) is 0 Å². The molecule has 0 bridgehead atoms. The Morgan fingerprint density at radius 2 is 2.43 bits per heavy atom. The minimum atomic E-state index is -0.707. The van der Waals surface area contributed by atoms with Gasteiger partial charge in [-0.15, -0.1) is 11.3 Å². The van der Waals surface area contributed by atoms with Crippen LogP contribution in [0.3, 0.4) is 0 Å². The van der Waals surface area contributed by atoms with E-state index in [1.807, 2.05) is 26.2 Å². The van der Waals surface area contributed by atoms with Crippen LogP contribution in [0.5, 0.6) is 0 Å². The normalized spacial score (nSPS) is 18.7. The maximum absolute atomic E-state index is 12.0. The van der Waals surface area contributed by atoms with E-state index in [-0.39, 0.29) is 5.97 Å². The monoisotopic (exact) mass is 312 g/mol. The van der Waals surface area contributed by atoms with Crippen molar-refractivity contribution in [3.8, 4) is 0 Å². The van der Waals surface area contributed by atoms with Crippen molar-refractivity contribution in [2.45, 2.75) is 51.6 Å². The Balaban J connectivity index is 1.86. The van der Waals surface area contributed by atoms with Gasteiger partial charge in [0.2, 0.25) is 0 Å². The van der Waals surface area contributed by atoms with E-state index >= 15 is 0 Å². The van der Waals surface area contributed by atoms with Gasteiger partial charge in [0.15, 0.2) is 5.13 Å². The number of carbonyl (C=O) groups excluding carboxylic acids is 1. The first kappa shape index (κ1) is 16.2. The van der Waals surface area contributed by atoms with Crippen LogP contribution in [0.1, 0.15) is 45.7 Å². The quantitative estimate of drug-likeness (QED) is 0.784. The fourth-order valence-electron chi connectivity index (χ4n) is 2.27. The lowest BCUT2D eigenvalue weighted by molar-refractivity contribution is -0.148. The fourth-order valence-corrected chi connectivity index (χ4v) is 3.18. The van der Waals surface area contributed by atoms with Crippen LogP contribution in [0.15, 0.2) is 5.38 Å². The highest BCUT2D eigenvalue weighted by atomic mass is 32.1.